The average Bonchev–Trinajstić information content (AvgIpc) is 2.94. The van der Waals surface area contributed by atoms with Gasteiger partial charge in [0.05, 0.1) is 6.26 Å². The lowest BCUT2D eigenvalue weighted by atomic mass is 9.91. The molecular formula is C16H27N5O3S. The van der Waals surface area contributed by atoms with Crippen LogP contribution >= 0.6 is 0 Å². The first kappa shape index (κ1) is 18.3. The SMILES string of the molecule is C[C@H](C(=O)N1CCC[C@H](N(C2CCC2)S(C)(=O)=O)CC1)n1cncn1. The molecule has 0 bridgehead atoms. The molecule has 8 nitrogen and oxygen atoms in total. The number of sulfonamides is 1. The van der Waals surface area contributed by atoms with Crippen molar-refractivity contribution in [2.45, 2.75) is 63.6 Å². The first-order chi connectivity index (χ1) is 11.9. The van der Waals surface area contributed by atoms with Gasteiger partial charge in [-0.25, -0.2) is 18.1 Å². The van der Waals surface area contributed by atoms with Crippen molar-refractivity contribution in [3.8, 4) is 0 Å². The van der Waals surface area contributed by atoms with Crippen LogP contribution in [0.25, 0.3) is 0 Å². The number of nitrogens with zero attached hydrogens (tertiary/aromatic N) is 5. The minimum atomic E-state index is -3.22. The van der Waals surface area contributed by atoms with Crippen molar-refractivity contribution in [3.63, 3.8) is 0 Å². The minimum Gasteiger partial charge on any atom is -0.341 e. The maximum atomic E-state index is 12.7. The van der Waals surface area contributed by atoms with Crippen LogP contribution < -0.4 is 0 Å². The normalized spacial score (nSPS) is 24.0. The topological polar surface area (TPSA) is 88.4 Å². The Morgan fingerprint density at radius 2 is 1.84 bits per heavy atom. The van der Waals surface area contributed by atoms with Gasteiger partial charge in [0.2, 0.25) is 15.9 Å². The van der Waals surface area contributed by atoms with Crippen molar-refractivity contribution in [1.82, 2.24) is 24.0 Å². The highest BCUT2D eigenvalue weighted by atomic mass is 32.2. The summed E-state index contributed by atoms with van der Waals surface area (Å²) in [6.45, 7) is 3.06. The zero-order chi connectivity index (χ0) is 18.0. The van der Waals surface area contributed by atoms with Crippen LogP contribution in [0, 0.1) is 0 Å². The van der Waals surface area contributed by atoms with Gasteiger partial charge in [-0.05, 0) is 39.0 Å². The second kappa shape index (κ2) is 7.41. The molecule has 1 aliphatic carbocycles. The fraction of sp³-hybridized carbons (Fsp3) is 0.812. The fourth-order valence-corrected chi connectivity index (χ4v) is 5.33. The van der Waals surface area contributed by atoms with Crippen molar-refractivity contribution in [1.29, 1.82) is 0 Å². The Morgan fingerprint density at radius 3 is 2.40 bits per heavy atom. The lowest BCUT2D eigenvalue weighted by Crippen LogP contribution is -2.50. The zero-order valence-corrected chi connectivity index (χ0v) is 15.7. The maximum Gasteiger partial charge on any atom is 0.247 e. The summed E-state index contributed by atoms with van der Waals surface area (Å²) < 4.78 is 27.9. The smallest absolute Gasteiger partial charge is 0.247 e. The zero-order valence-electron chi connectivity index (χ0n) is 14.9. The van der Waals surface area contributed by atoms with E-state index in [0.717, 1.165) is 32.1 Å². The molecule has 0 spiro atoms. The Kier molecular flexibility index (Phi) is 5.43. The molecule has 2 atom stereocenters. The minimum absolute atomic E-state index is 0.000207. The van der Waals surface area contributed by atoms with Gasteiger partial charge in [-0.3, -0.25) is 4.79 Å². The number of carbonyl (C=O) groups excluding carboxylic acids is 1. The highest BCUT2D eigenvalue weighted by Gasteiger charge is 2.38. The Balaban J connectivity index is 1.66. The van der Waals surface area contributed by atoms with Gasteiger partial charge in [0.15, 0.2) is 0 Å². The van der Waals surface area contributed by atoms with Crippen molar-refractivity contribution in [2.75, 3.05) is 19.3 Å². The molecule has 0 unspecified atom stereocenters. The van der Waals surface area contributed by atoms with Crippen molar-refractivity contribution >= 4 is 15.9 Å². The van der Waals surface area contributed by atoms with Crippen LogP contribution in [-0.4, -0.2) is 69.7 Å². The molecule has 2 aliphatic rings. The summed E-state index contributed by atoms with van der Waals surface area (Å²) >= 11 is 0. The molecule has 0 aromatic carbocycles. The van der Waals surface area contributed by atoms with Gasteiger partial charge in [-0.1, -0.05) is 6.42 Å². The number of rotatable bonds is 5. The van der Waals surface area contributed by atoms with Gasteiger partial charge in [-0.15, -0.1) is 0 Å². The Labute approximate surface area is 149 Å². The van der Waals surface area contributed by atoms with Gasteiger partial charge in [0.1, 0.15) is 18.7 Å². The molecule has 1 aromatic rings. The van der Waals surface area contributed by atoms with E-state index in [1.54, 1.807) is 15.3 Å². The molecular weight excluding hydrogens is 342 g/mol. The van der Waals surface area contributed by atoms with E-state index in [1.807, 2.05) is 11.8 Å². The standard InChI is InChI=1S/C16H27N5O3S/c1-13(20-12-17-11-18-20)16(22)19-9-4-7-15(8-10-19)21(25(2,23)24)14-5-3-6-14/h11-15H,3-10H2,1-2H3/t13-,15+/m1/s1. The van der Waals surface area contributed by atoms with Crippen molar-refractivity contribution < 1.29 is 13.2 Å². The monoisotopic (exact) mass is 369 g/mol. The van der Waals surface area contributed by atoms with Gasteiger partial charge < -0.3 is 4.90 Å². The third-order valence-corrected chi connectivity index (χ3v) is 6.74. The average molecular weight is 369 g/mol. The summed E-state index contributed by atoms with van der Waals surface area (Å²) in [5, 5.41) is 4.04. The molecule has 1 amide bonds. The van der Waals surface area contributed by atoms with Crippen LogP contribution in [0.3, 0.4) is 0 Å². The molecule has 1 aliphatic heterocycles. The van der Waals surface area contributed by atoms with E-state index < -0.39 is 16.1 Å². The van der Waals surface area contributed by atoms with Gasteiger partial charge in [0.25, 0.3) is 0 Å². The van der Waals surface area contributed by atoms with E-state index in [4.69, 9.17) is 0 Å². The summed E-state index contributed by atoms with van der Waals surface area (Å²) in [5.41, 5.74) is 0. The van der Waals surface area contributed by atoms with Gasteiger partial charge in [-0.2, -0.15) is 9.40 Å². The van der Waals surface area contributed by atoms with Crippen molar-refractivity contribution in [2.24, 2.45) is 0 Å². The lowest BCUT2D eigenvalue weighted by molar-refractivity contribution is -0.134. The summed E-state index contributed by atoms with van der Waals surface area (Å²) in [6, 6.07) is -0.243. The van der Waals surface area contributed by atoms with Gasteiger partial charge >= 0.3 is 0 Å². The maximum absolute atomic E-state index is 12.7. The van der Waals surface area contributed by atoms with Crippen LogP contribution in [0.2, 0.25) is 0 Å². The molecule has 25 heavy (non-hydrogen) atoms. The first-order valence-corrected chi connectivity index (χ1v) is 10.8. The third kappa shape index (κ3) is 4.03. The fourth-order valence-electron chi connectivity index (χ4n) is 3.83. The second-order valence-electron chi connectivity index (χ2n) is 7.14. The number of hydrogen-bond acceptors (Lipinski definition) is 5. The van der Waals surface area contributed by atoms with Gasteiger partial charge in [0, 0.05) is 25.2 Å². The molecule has 1 saturated carbocycles. The Hall–Kier alpha value is -1.48. The van der Waals surface area contributed by atoms with E-state index in [9.17, 15) is 13.2 Å². The van der Waals surface area contributed by atoms with E-state index in [0.29, 0.717) is 19.5 Å². The molecule has 9 heteroatoms. The summed E-state index contributed by atoms with van der Waals surface area (Å²) in [4.78, 5) is 18.5. The summed E-state index contributed by atoms with van der Waals surface area (Å²) in [5.74, 6) is 0.0145. The summed E-state index contributed by atoms with van der Waals surface area (Å²) in [7, 11) is -3.22. The van der Waals surface area contributed by atoms with Crippen LogP contribution in [0.15, 0.2) is 12.7 Å². The van der Waals surface area contributed by atoms with E-state index in [1.165, 1.54) is 12.6 Å². The molecule has 3 rings (SSSR count). The predicted octanol–water partition coefficient (Wildman–Crippen LogP) is 1.03. The van der Waals surface area contributed by atoms with E-state index in [2.05, 4.69) is 10.1 Å². The molecule has 2 heterocycles. The van der Waals surface area contributed by atoms with Crippen LogP contribution in [-0.2, 0) is 14.8 Å². The molecule has 0 N–H and O–H groups in total. The largest absolute Gasteiger partial charge is 0.341 e. The van der Waals surface area contributed by atoms with E-state index in [-0.39, 0.29) is 18.0 Å². The van der Waals surface area contributed by atoms with Crippen LogP contribution in [0.5, 0.6) is 0 Å². The molecule has 140 valence electrons. The lowest BCUT2D eigenvalue weighted by Gasteiger charge is -2.40. The number of likely N-dealkylation sites (tertiary alicyclic amines) is 1. The molecule has 1 saturated heterocycles. The second-order valence-corrected chi connectivity index (χ2v) is 9.03. The highest BCUT2D eigenvalue weighted by molar-refractivity contribution is 7.88. The van der Waals surface area contributed by atoms with E-state index >= 15 is 0 Å². The molecule has 2 fully saturated rings. The van der Waals surface area contributed by atoms with Crippen LogP contribution in [0.4, 0.5) is 0 Å². The molecule has 1 aromatic heterocycles. The first-order valence-electron chi connectivity index (χ1n) is 8.99. The predicted molar refractivity (Wildman–Crippen MR) is 93.3 cm³/mol. The number of aromatic nitrogens is 3. The third-order valence-electron chi connectivity index (χ3n) is 5.38. The highest BCUT2D eigenvalue weighted by Crippen LogP contribution is 2.32. The quantitative estimate of drug-likeness (QED) is 0.774. The molecule has 0 radical (unpaired) electrons. The van der Waals surface area contributed by atoms with Crippen molar-refractivity contribution in [3.05, 3.63) is 12.7 Å². The Bertz CT molecular complexity index is 687. The van der Waals surface area contributed by atoms with Crippen LogP contribution in [0.1, 0.15) is 51.5 Å². The number of hydrogen-bond donors (Lipinski definition) is 0. The number of amides is 1. The summed E-state index contributed by atoms with van der Waals surface area (Å²) in [6.07, 6.45) is 9.61. The Morgan fingerprint density at radius 1 is 1.16 bits per heavy atom. The number of carbonyl (C=O) groups is 1.